The molecule has 2 amide bonds. The number of urea groups is 1. The van der Waals surface area contributed by atoms with Crippen molar-refractivity contribution in [1.82, 2.24) is 24.9 Å². The molecule has 0 bridgehead atoms. The predicted molar refractivity (Wildman–Crippen MR) is 94.3 cm³/mol. The molecule has 0 fully saturated rings. The maximum Gasteiger partial charge on any atom is 0.321 e. The van der Waals surface area contributed by atoms with E-state index >= 15 is 0 Å². The molecule has 0 radical (unpaired) electrons. The number of amides is 2. The zero-order valence-electron chi connectivity index (χ0n) is 12.9. The highest BCUT2D eigenvalue weighted by Gasteiger charge is 2.09. The molecule has 7 nitrogen and oxygen atoms in total. The monoisotopic (exact) mass is 338 g/mol. The van der Waals surface area contributed by atoms with Gasteiger partial charge in [-0.1, -0.05) is 17.4 Å². The van der Waals surface area contributed by atoms with E-state index in [2.05, 4.69) is 25.7 Å². The van der Waals surface area contributed by atoms with Crippen LogP contribution in [0.15, 0.2) is 42.9 Å². The molecule has 4 rings (SSSR count). The Bertz CT molecular complexity index is 1040. The van der Waals surface area contributed by atoms with Gasteiger partial charge in [-0.3, -0.25) is 5.32 Å². The van der Waals surface area contributed by atoms with Gasteiger partial charge in [0.05, 0.1) is 10.2 Å². The molecule has 0 spiro atoms. The van der Waals surface area contributed by atoms with Crippen molar-refractivity contribution in [3.63, 3.8) is 0 Å². The highest BCUT2D eigenvalue weighted by Crippen LogP contribution is 2.30. The van der Waals surface area contributed by atoms with Crippen molar-refractivity contribution in [2.24, 2.45) is 0 Å². The van der Waals surface area contributed by atoms with Gasteiger partial charge < -0.3 is 5.32 Å². The van der Waals surface area contributed by atoms with Gasteiger partial charge in [-0.25, -0.2) is 19.3 Å². The van der Waals surface area contributed by atoms with E-state index in [0.29, 0.717) is 11.7 Å². The van der Waals surface area contributed by atoms with Gasteiger partial charge in [0.1, 0.15) is 6.33 Å². The molecule has 0 unspecified atom stereocenters. The number of hydrogen-bond donors (Lipinski definition) is 2. The van der Waals surface area contributed by atoms with Crippen molar-refractivity contribution in [1.29, 1.82) is 0 Å². The van der Waals surface area contributed by atoms with Gasteiger partial charge in [0, 0.05) is 18.3 Å². The van der Waals surface area contributed by atoms with Crippen molar-refractivity contribution in [3.8, 4) is 11.1 Å². The Morgan fingerprint density at radius 2 is 2.12 bits per heavy atom. The quantitative estimate of drug-likeness (QED) is 0.601. The summed E-state index contributed by atoms with van der Waals surface area (Å²) in [5.41, 5.74) is 3.72. The van der Waals surface area contributed by atoms with E-state index in [4.69, 9.17) is 0 Å². The van der Waals surface area contributed by atoms with Crippen LogP contribution in [0.4, 0.5) is 9.93 Å². The van der Waals surface area contributed by atoms with Gasteiger partial charge >= 0.3 is 6.03 Å². The standard InChI is InChI=1S/C16H14N6OS/c1-2-17-15(23)21-16-20-12-7-10(3-5-13(12)24-16)11-4-6-14-18-9-19-22(14)8-11/h3-9H,2H2,1H3,(H2,17,20,21,23). The Morgan fingerprint density at radius 3 is 3.00 bits per heavy atom. The Balaban J connectivity index is 1.68. The topological polar surface area (TPSA) is 84.2 Å². The lowest BCUT2D eigenvalue weighted by Gasteiger charge is -2.02. The van der Waals surface area contributed by atoms with E-state index in [-0.39, 0.29) is 6.03 Å². The van der Waals surface area contributed by atoms with Crippen LogP contribution in [0.5, 0.6) is 0 Å². The second kappa shape index (κ2) is 5.89. The highest BCUT2D eigenvalue weighted by molar-refractivity contribution is 7.22. The molecule has 3 heterocycles. The fraction of sp³-hybridized carbons (Fsp3) is 0.125. The summed E-state index contributed by atoms with van der Waals surface area (Å²) >= 11 is 1.45. The molecule has 3 aromatic heterocycles. The molecule has 8 heteroatoms. The molecule has 0 saturated heterocycles. The van der Waals surface area contributed by atoms with Crippen LogP contribution in [0.25, 0.3) is 27.0 Å². The summed E-state index contributed by atoms with van der Waals surface area (Å²) < 4.78 is 2.76. The molecule has 120 valence electrons. The molecule has 0 saturated carbocycles. The molecule has 0 atom stereocenters. The van der Waals surface area contributed by atoms with Crippen molar-refractivity contribution in [2.75, 3.05) is 11.9 Å². The zero-order valence-corrected chi connectivity index (χ0v) is 13.7. The summed E-state index contributed by atoms with van der Waals surface area (Å²) in [6.07, 6.45) is 3.46. The van der Waals surface area contributed by atoms with Crippen LogP contribution in [-0.2, 0) is 0 Å². The second-order valence-electron chi connectivity index (χ2n) is 5.17. The number of rotatable bonds is 3. The van der Waals surface area contributed by atoms with Crippen LogP contribution in [0.1, 0.15) is 6.92 Å². The van der Waals surface area contributed by atoms with Crippen molar-refractivity contribution < 1.29 is 4.79 Å². The normalized spacial score (nSPS) is 11.0. The molecule has 2 N–H and O–H groups in total. The number of carbonyl (C=O) groups is 1. The number of hydrogen-bond acceptors (Lipinski definition) is 5. The van der Waals surface area contributed by atoms with E-state index in [1.165, 1.54) is 17.7 Å². The Kier molecular flexibility index (Phi) is 3.58. The third-order valence-electron chi connectivity index (χ3n) is 3.55. The summed E-state index contributed by atoms with van der Waals surface area (Å²) in [7, 11) is 0. The van der Waals surface area contributed by atoms with Gasteiger partial charge in [-0.15, -0.1) is 0 Å². The van der Waals surface area contributed by atoms with Crippen molar-refractivity contribution >= 4 is 38.4 Å². The molecule has 0 aliphatic rings. The predicted octanol–water partition coefficient (Wildman–Crippen LogP) is 3.15. The van der Waals surface area contributed by atoms with Crippen LogP contribution in [0, 0.1) is 0 Å². The maximum absolute atomic E-state index is 11.6. The van der Waals surface area contributed by atoms with Gasteiger partial charge in [0.15, 0.2) is 10.8 Å². The average Bonchev–Trinajstić information content (AvgIpc) is 3.19. The van der Waals surface area contributed by atoms with E-state index in [1.807, 2.05) is 43.5 Å². The van der Waals surface area contributed by atoms with Gasteiger partial charge in [-0.2, -0.15) is 5.10 Å². The van der Waals surface area contributed by atoms with Crippen LogP contribution in [0.2, 0.25) is 0 Å². The first kappa shape index (κ1) is 14.6. The first-order chi connectivity index (χ1) is 11.7. The van der Waals surface area contributed by atoms with E-state index < -0.39 is 0 Å². The molecular weight excluding hydrogens is 324 g/mol. The minimum absolute atomic E-state index is 0.242. The first-order valence-electron chi connectivity index (χ1n) is 7.48. The molecule has 24 heavy (non-hydrogen) atoms. The molecule has 4 aromatic rings. The SMILES string of the molecule is CCNC(=O)Nc1nc2cc(-c3ccc4ncnn4c3)ccc2s1. The van der Waals surface area contributed by atoms with Crippen molar-refractivity contribution in [2.45, 2.75) is 6.92 Å². The molecular formula is C16H14N6OS. The van der Waals surface area contributed by atoms with Crippen LogP contribution < -0.4 is 10.6 Å². The number of nitrogens with one attached hydrogen (secondary N) is 2. The van der Waals surface area contributed by atoms with E-state index in [1.54, 1.807) is 4.52 Å². The molecule has 1 aromatic carbocycles. The Labute approximate surface area is 141 Å². The average molecular weight is 338 g/mol. The molecule has 0 aliphatic carbocycles. The smallest absolute Gasteiger partial charge is 0.321 e. The number of aromatic nitrogens is 4. The number of carbonyl (C=O) groups excluding carboxylic acids is 1. The van der Waals surface area contributed by atoms with Gasteiger partial charge in [0.2, 0.25) is 0 Å². The van der Waals surface area contributed by atoms with Crippen LogP contribution in [-0.4, -0.2) is 32.2 Å². The minimum atomic E-state index is -0.242. The fourth-order valence-electron chi connectivity index (χ4n) is 2.45. The number of nitrogens with zero attached hydrogens (tertiary/aromatic N) is 4. The van der Waals surface area contributed by atoms with Gasteiger partial charge in [0.25, 0.3) is 0 Å². The van der Waals surface area contributed by atoms with E-state index in [9.17, 15) is 4.79 Å². The summed E-state index contributed by atoms with van der Waals surface area (Å²) in [6.45, 7) is 2.45. The number of thiazole rings is 1. The second-order valence-corrected chi connectivity index (χ2v) is 6.20. The van der Waals surface area contributed by atoms with Crippen LogP contribution in [0.3, 0.4) is 0 Å². The lowest BCUT2D eigenvalue weighted by Crippen LogP contribution is -2.28. The Morgan fingerprint density at radius 1 is 1.25 bits per heavy atom. The lowest BCUT2D eigenvalue weighted by molar-refractivity contribution is 0.252. The summed E-state index contributed by atoms with van der Waals surface area (Å²) in [6, 6.07) is 9.74. The first-order valence-corrected chi connectivity index (χ1v) is 8.30. The largest absolute Gasteiger partial charge is 0.338 e. The summed E-state index contributed by atoms with van der Waals surface area (Å²) in [5, 5.41) is 10.2. The van der Waals surface area contributed by atoms with Gasteiger partial charge in [-0.05, 0) is 36.8 Å². The summed E-state index contributed by atoms with van der Waals surface area (Å²) in [4.78, 5) is 20.2. The fourth-order valence-corrected chi connectivity index (χ4v) is 3.29. The number of anilines is 1. The maximum atomic E-state index is 11.6. The van der Waals surface area contributed by atoms with Crippen LogP contribution >= 0.6 is 11.3 Å². The third kappa shape index (κ3) is 2.67. The lowest BCUT2D eigenvalue weighted by atomic mass is 10.1. The summed E-state index contributed by atoms with van der Waals surface area (Å²) in [5.74, 6) is 0. The molecule has 0 aliphatic heterocycles. The zero-order chi connectivity index (χ0) is 16.5. The number of pyridine rings is 1. The van der Waals surface area contributed by atoms with Crippen molar-refractivity contribution in [3.05, 3.63) is 42.9 Å². The highest BCUT2D eigenvalue weighted by atomic mass is 32.1. The Hall–Kier alpha value is -3.00. The van der Waals surface area contributed by atoms with E-state index in [0.717, 1.165) is 27.0 Å². The number of benzene rings is 1. The number of fused-ring (bicyclic) bond motifs is 2. The minimum Gasteiger partial charge on any atom is -0.338 e. The third-order valence-corrected chi connectivity index (χ3v) is 4.50.